The molecule has 0 saturated heterocycles. The Morgan fingerprint density at radius 3 is 2.65 bits per heavy atom. The third-order valence-corrected chi connectivity index (χ3v) is 1.78. The van der Waals surface area contributed by atoms with Crippen molar-refractivity contribution < 1.29 is 23.4 Å². The largest absolute Gasteiger partial charge is 0.544 e. The summed E-state index contributed by atoms with van der Waals surface area (Å²) in [5.41, 5.74) is -0.608. The molecule has 0 aliphatic rings. The third kappa shape index (κ3) is 3.57. The fourth-order valence-electron chi connectivity index (χ4n) is 1.10. The molecule has 88 valence electrons. The molecule has 1 rings (SSSR count). The van der Waals surface area contributed by atoms with Crippen LogP contribution in [0.4, 0.5) is 8.78 Å². The van der Waals surface area contributed by atoms with Crippen molar-refractivity contribution >= 4 is 12.0 Å². The summed E-state index contributed by atoms with van der Waals surface area (Å²) < 4.78 is 28.3. The van der Waals surface area contributed by atoms with Gasteiger partial charge in [0.25, 0.3) is 0 Å². The molecule has 4 nitrogen and oxygen atoms in total. The van der Waals surface area contributed by atoms with Crippen LogP contribution in [0, 0.1) is 11.3 Å². The van der Waals surface area contributed by atoms with Crippen LogP contribution >= 0.6 is 0 Å². The predicted molar refractivity (Wildman–Crippen MR) is 51.7 cm³/mol. The van der Waals surface area contributed by atoms with Crippen molar-refractivity contribution in [2.24, 2.45) is 0 Å². The van der Waals surface area contributed by atoms with Gasteiger partial charge in [-0.1, -0.05) is 18.2 Å². The lowest BCUT2D eigenvalue weighted by molar-refractivity contribution is -0.298. The van der Waals surface area contributed by atoms with Crippen molar-refractivity contribution in [2.45, 2.75) is 6.61 Å². The van der Waals surface area contributed by atoms with E-state index in [0.717, 1.165) is 6.08 Å². The first-order valence-corrected chi connectivity index (χ1v) is 4.41. The van der Waals surface area contributed by atoms with Gasteiger partial charge in [-0.3, -0.25) is 0 Å². The summed E-state index contributed by atoms with van der Waals surface area (Å²) in [5.74, 6) is -1.89. The minimum Gasteiger partial charge on any atom is -0.544 e. The van der Waals surface area contributed by atoms with E-state index in [1.807, 2.05) is 0 Å². The van der Waals surface area contributed by atoms with Gasteiger partial charge in [0.1, 0.15) is 11.8 Å². The number of carbonyl (C=O) groups excluding carboxylic acids is 1. The summed E-state index contributed by atoms with van der Waals surface area (Å²) >= 11 is 0. The average molecular weight is 238 g/mol. The second kappa shape index (κ2) is 5.61. The maximum absolute atomic E-state index is 12.0. The lowest BCUT2D eigenvalue weighted by Gasteiger charge is -2.08. The Labute approximate surface area is 95.4 Å². The zero-order valence-corrected chi connectivity index (χ0v) is 8.39. The molecular weight excluding hydrogens is 232 g/mol. The predicted octanol–water partition coefficient (Wildman–Crippen LogP) is 0.945. The first-order valence-electron chi connectivity index (χ1n) is 4.41. The van der Waals surface area contributed by atoms with Crippen molar-refractivity contribution in [3.63, 3.8) is 0 Å². The first kappa shape index (κ1) is 12.6. The van der Waals surface area contributed by atoms with Gasteiger partial charge >= 0.3 is 6.61 Å². The number of hydrogen-bond donors (Lipinski definition) is 0. The highest BCUT2D eigenvalue weighted by Gasteiger charge is 2.08. The van der Waals surface area contributed by atoms with Gasteiger partial charge in [-0.25, -0.2) is 0 Å². The Kier molecular flexibility index (Phi) is 4.17. The maximum atomic E-state index is 12.0. The van der Waals surface area contributed by atoms with Crippen molar-refractivity contribution in [2.75, 3.05) is 0 Å². The SMILES string of the molecule is N#C/C(=C\c1ccccc1OC(F)F)C(=O)[O-]. The van der Waals surface area contributed by atoms with Crippen LogP contribution in [0.2, 0.25) is 0 Å². The number of rotatable bonds is 4. The number of carbonyl (C=O) groups is 1. The molecule has 0 aliphatic carbocycles. The molecule has 0 atom stereocenters. The average Bonchev–Trinajstić information content (AvgIpc) is 2.26. The molecule has 0 aromatic heterocycles. The molecule has 0 N–H and O–H groups in total. The normalized spacial score (nSPS) is 11.1. The van der Waals surface area contributed by atoms with Crippen molar-refractivity contribution in [1.29, 1.82) is 5.26 Å². The number of carboxylic acid groups (broad SMARTS) is 1. The number of nitriles is 1. The van der Waals surface area contributed by atoms with E-state index in [2.05, 4.69) is 4.74 Å². The maximum Gasteiger partial charge on any atom is 0.387 e. The van der Waals surface area contributed by atoms with Gasteiger partial charge in [-0.05, 0) is 12.1 Å². The van der Waals surface area contributed by atoms with Gasteiger partial charge < -0.3 is 14.6 Å². The molecular formula is C11H6F2NO3-. The quantitative estimate of drug-likeness (QED) is 0.578. The molecule has 17 heavy (non-hydrogen) atoms. The molecule has 0 unspecified atom stereocenters. The molecule has 1 aromatic rings. The number of carboxylic acids is 1. The Bertz CT molecular complexity index is 492. The van der Waals surface area contributed by atoms with Crippen molar-refractivity contribution in [1.82, 2.24) is 0 Å². The molecule has 0 saturated carbocycles. The Morgan fingerprint density at radius 1 is 1.47 bits per heavy atom. The van der Waals surface area contributed by atoms with Crippen LogP contribution in [0.5, 0.6) is 5.75 Å². The number of para-hydroxylation sites is 1. The van der Waals surface area contributed by atoms with Gasteiger partial charge in [-0.15, -0.1) is 0 Å². The smallest absolute Gasteiger partial charge is 0.387 e. The number of halogens is 2. The van der Waals surface area contributed by atoms with Crippen LogP contribution in [-0.4, -0.2) is 12.6 Å². The Morgan fingerprint density at radius 2 is 2.12 bits per heavy atom. The molecule has 0 aliphatic heterocycles. The monoisotopic (exact) mass is 238 g/mol. The summed E-state index contributed by atoms with van der Waals surface area (Å²) in [4.78, 5) is 10.5. The van der Waals surface area contributed by atoms with E-state index in [1.165, 1.54) is 30.3 Å². The molecule has 0 spiro atoms. The topological polar surface area (TPSA) is 73.1 Å². The molecule has 0 bridgehead atoms. The van der Waals surface area contributed by atoms with Crippen LogP contribution in [0.3, 0.4) is 0 Å². The fraction of sp³-hybridized carbons (Fsp3) is 0.0909. The van der Waals surface area contributed by atoms with Crippen LogP contribution in [-0.2, 0) is 4.79 Å². The Balaban J connectivity index is 3.14. The van der Waals surface area contributed by atoms with Crippen molar-refractivity contribution in [3.8, 4) is 11.8 Å². The van der Waals surface area contributed by atoms with Gasteiger partial charge in [-0.2, -0.15) is 14.0 Å². The second-order valence-corrected chi connectivity index (χ2v) is 2.87. The molecule has 6 heteroatoms. The summed E-state index contributed by atoms with van der Waals surface area (Å²) in [7, 11) is 0. The van der Waals surface area contributed by atoms with Crippen LogP contribution in [0.1, 0.15) is 5.56 Å². The number of ether oxygens (including phenoxy) is 1. The van der Waals surface area contributed by atoms with E-state index < -0.39 is 18.2 Å². The molecule has 0 amide bonds. The number of nitrogens with zero attached hydrogens (tertiary/aromatic N) is 1. The highest BCUT2D eigenvalue weighted by atomic mass is 19.3. The van der Waals surface area contributed by atoms with E-state index in [0.29, 0.717) is 0 Å². The summed E-state index contributed by atoms with van der Waals surface area (Å²) in [6.45, 7) is -3.03. The zero-order chi connectivity index (χ0) is 12.8. The van der Waals surface area contributed by atoms with Crippen LogP contribution in [0.15, 0.2) is 29.8 Å². The standard InChI is InChI=1S/C11H7F2NO3/c12-11(13)17-9-4-2-1-3-7(9)5-8(6-14)10(15)16/h1-5,11H,(H,15,16)/p-1/b8-5+. The molecule has 0 fully saturated rings. The number of benzene rings is 1. The lowest BCUT2D eigenvalue weighted by atomic mass is 10.1. The number of aliphatic carboxylic acids is 1. The van der Waals surface area contributed by atoms with Crippen LogP contribution in [0.25, 0.3) is 6.08 Å². The molecule has 1 aromatic carbocycles. The molecule has 0 heterocycles. The highest BCUT2D eigenvalue weighted by molar-refractivity contribution is 5.95. The third-order valence-electron chi connectivity index (χ3n) is 1.78. The zero-order valence-electron chi connectivity index (χ0n) is 8.39. The van der Waals surface area contributed by atoms with Crippen LogP contribution < -0.4 is 9.84 Å². The number of hydrogen-bond acceptors (Lipinski definition) is 4. The van der Waals surface area contributed by atoms with E-state index >= 15 is 0 Å². The van der Waals surface area contributed by atoms with Gasteiger partial charge in [0.15, 0.2) is 0 Å². The summed E-state index contributed by atoms with van der Waals surface area (Å²) in [6, 6.07) is 6.91. The first-order chi connectivity index (χ1) is 8.04. The fourth-order valence-corrected chi connectivity index (χ4v) is 1.10. The minimum absolute atomic E-state index is 0.0635. The highest BCUT2D eigenvalue weighted by Crippen LogP contribution is 2.22. The van der Waals surface area contributed by atoms with E-state index in [9.17, 15) is 18.7 Å². The van der Waals surface area contributed by atoms with Gasteiger partial charge in [0.2, 0.25) is 0 Å². The minimum atomic E-state index is -3.03. The number of alkyl halides is 2. The lowest BCUT2D eigenvalue weighted by Crippen LogP contribution is -2.23. The van der Waals surface area contributed by atoms with Crippen molar-refractivity contribution in [3.05, 3.63) is 35.4 Å². The van der Waals surface area contributed by atoms with Gasteiger partial charge in [0, 0.05) is 5.56 Å². The summed E-state index contributed by atoms with van der Waals surface area (Å²) in [5, 5.41) is 19.0. The van der Waals surface area contributed by atoms with E-state index in [4.69, 9.17) is 5.26 Å². The second-order valence-electron chi connectivity index (χ2n) is 2.87. The van der Waals surface area contributed by atoms with E-state index in [1.54, 1.807) is 0 Å². The molecule has 0 radical (unpaired) electrons. The van der Waals surface area contributed by atoms with Gasteiger partial charge in [0.05, 0.1) is 11.5 Å². The summed E-state index contributed by atoms with van der Waals surface area (Å²) in [6.07, 6.45) is 0.910. The Hall–Kier alpha value is -2.42. The van der Waals surface area contributed by atoms with E-state index in [-0.39, 0.29) is 11.3 Å².